The minimum Gasteiger partial charge on any atom is -0.469 e. The molecule has 20 heavy (non-hydrogen) atoms. The molecule has 1 rings (SSSR count). The quantitative estimate of drug-likeness (QED) is 0.556. The fourth-order valence-electron chi connectivity index (χ4n) is 1.51. The zero-order valence-corrected chi connectivity index (χ0v) is 11.5. The SMILES string of the molecule is COC(=O)CC(C)OC(=O)CCC(=O)c1ccccn1. The van der Waals surface area contributed by atoms with Crippen LogP contribution in [0.25, 0.3) is 0 Å². The van der Waals surface area contributed by atoms with Gasteiger partial charge in [-0.05, 0) is 19.1 Å². The molecule has 0 fully saturated rings. The molecule has 0 saturated heterocycles. The maximum atomic E-state index is 11.7. The lowest BCUT2D eigenvalue weighted by Crippen LogP contribution is -2.19. The Balaban J connectivity index is 2.33. The van der Waals surface area contributed by atoms with E-state index in [1.807, 2.05) is 0 Å². The Bertz CT molecular complexity index is 472. The van der Waals surface area contributed by atoms with Gasteiger partial charge in [-0.2, -0.15) is 0 Å². The number of hydrogen-bond acceptors (Lipinski definition) is 6. The molecule has 0 N–H and O–H groups in total. The summed E-state index contributed by atoms with van der Waals surface area (Å²) in [4.78, 5) is 38.1. The Morgan fingerprint density at radius 2 is 1.95 bits per heavy atom. The van der Waals surface area contributed by atoms with E-state index in [2.05, 4.69) is 9.72 Å². The second-order valence-corrected chi connectivity index (χ2v) is 4.22. The molecule has 1 aromatic heterocycles. The summed E-state index contributed by atoms with van der Waals surface area (Å²) in [6.07, 6.45) is 0.933. The van der Waals surface area contributed by atoms with Gasteiger partial charge < -0.3 is 9.47 Å². The van der Waals surface area contributed by atoms with Crippen LogP contribution in [0.3, 0.4) is 0 Å². The molecule has 0 amide bonds. The third kappa shape index (κ3) is 5.60. The van der Waals surface area contributed by atoms with Gasteiger partial charge in [0.1, 0.15) is 11.8 Å². The van der Waals surface area contributed by atoms with Gasteiger partial charge >= 0.3 is 11.9 Å². The van der Waals surface area contributed by atoms with Crippen LogP contribution in [0.2, 0.25) is 0 Å². The van der Waals surface area contributed by atoms with Crippen LogP contribution in [0.15, 0.2) is 24.4 Å². The van der Waals surface area contributed by atoms with Gasteiger partial charge in [0, 0.05) is 12.6 Å². The third-order valence-electron chi connectivity index (χ3n) is 2.52. The number of rotatable bonds is 7. The van der Waals surface area contributed by atoms with E-state index in [0.717, 1.165) is 0 Å². The molecule has 0 spiro atoms. The van der Waals surface area contributed by atoms with Crippen LogP contribution in [0.5, 0.6) is 0 Å². The molecule has 0 aliphatic rings. The highest BCUT2D eigenvalue weighted by Gasteiger charge is 2.16. The van der Waals surface area contributed by atoms with E-state index < -0.39 is 18.0 Å². The maximum absolute atomic E-state index is 11.7. The van der Waals surface area contributed by atoms with Gasteiger partial charge in [-0.1, -0.05) is 6.07 Å². The van der Waals surface area contributed by atoms with Gasteiger partial charge in [0.2, 0.25) is 0 Å². The molecule has 6 heteroatoms. The molecule has 0 aliphatic carbocycles. The lowest BCUT2D eigenvalue weighted by molar-refractivity contribution is -0.152. The van der Waals surface area contributed by atoms with E-state index in [0.29, 0.717) is 5.69 Å². The van der Waals surface area contributed by atoms with Gasteiger partial charge in [0.05, 0.1) is 20.0 Å². The zero-order chi connectivity index (χ0) is 15.0. The van der Waals surface area contributed by atoms with E-state index in [1.54, 1.807) is 25.1 Å². The van der Waals surface area contributed by atoms with E-state index >= 15 is 0 Å². The number of pyridine rings is 1. The van der Waals surface area contributed by atoms with Gasteiger partial charge in [-0.15, -0.1) is 0 Å². The van der Waals surface area contributed by atoms with Crippen molar-refractivity contribution >= 4 is 17.7 Å². The first-order chi connectivity index (χ1) is 9.52. The van der Waals surface area contributed by atoms with Crippen molar-refractivity contribution in [1.82, 2.24) is 4.98 Å². The summed E-state index contributed by atoms with van der Waals surface area (Å²) in [6, 6.07) is 5.00. The Morgan fingerprint density at radius 3 is 2.55 bits per heavy atom. The predicted octanol–water partition coefficient (Wildman–Crippen LogP) is 1.54. The first-order valence-corrected chi connectivity index (χ1v) is 6.23. The van der Waals surface area contributed by atoms with Crippen LogP contribution >= 0.6 is 0 Å². The lowest BCUT2D eigenvalue weighted by atomic mass is 10.1. The summed E-state index contributed by atoms with van der Waals surface area (Å²) >= 11 is 0. The summed E-state index contributed by atoms with van der Waals surface area (Å²) < 4.78 is 9.46. The van der Waals surface area contributed by atoms with Gasteiger partial charge in [-0.3, -0.25) is 19.4 Å². The van der Waals surface area contributed by atoms with Crippen molar-refractivity contribution in [2.45, 2.75) is 32.3 Å². The zero-order valence-electron chi connectivity index (χ0n) is 11.5. The molecular formula is C14H17NO5. The molecule has 0 saturated carbocycles. The Hall–Kier alpha value is -2.24. The number of Topliss-reactive ketones (excluding diaryl/α,β-unsaturated/α-hetero) is 1. The minimum atomic E-state index is -0.570. The van der Waals surface area contributed by atoms with E-state index in [-0.39, 0.29) is 25.0 Å². The van der Waals surface area contributed by atoms with Crippen molar-refractivity contribution in [3.05, 3.63) is 30.1 Å². The van der Waals surface area contributed by atoms with Crippen LogP contribution in [0.4, 0.5) is 0 Å². The largest absolute Gasteiger partial charge is 0.469 e. The first-order valence-electron chi connectivity index (χ1n) is 6.23. The molecule has 0 bridgehead atoms. The summed E-state index contributed by atoms with van der Waals surface area (Å²) in [5, 5.41) is 0. The molecule has 1 heterocycles. The maximum Gasteiger partial charge on any atom is 0.309 e. The molecule has 1 aromatic rings. The van der Waals surface area contributed by atoms with E-state index in [4.69, 9.17) is 4.74 Å². The van der Waals surface area contributed by atoms with Crippen molar-refractivity contribution in [3.63, 3.8) is 0 Å². The summed E-state index contributed by atoms with van der Waals surface area (Å²) in [6.45, 7) is 1.59. The Labute approximate surface area is 117 Å². The monoisotopic (exact) mass is 279 g/mol. The molecule has 1 atom stereocenters. The van der Waals surface area contributed by atoms with Crippen LogP contribution < -0.4 is 0 Å². The van der Waals surface area contributed by atoms with E-state index in [1.165, 1.54) is 13.3 Å². The van der Waals surface area contributed by atoms with Gasteiger partial charge in [0.25, 0.3) is 0 Å². The van der Waals surface area contributed by atoms with Crippen LogP contribution in [0, 0.1) is 0 Å². The fourth-order valence-corrected chi connectivity index (χ4v) is 1.51. The normalized spacial score (nSPS) is 11.5. The highest BCUT2D eigenvalue weighted by Crippen LogP contribution is 2.06. The average Bonchev–Trinajstić information content (AvgIpc) is 2.45. The number of nitrogens with zero attached hydrogens (tertiary/aromatic N) is 1. The molecule has 0 aliphatic heterocycles. The minimum absolute atomic E-state index is 0.00354. The van der Waals surface area contributed by atoms with Gasteiger partial charge in [0.15, 0.2) is 5.78 Å². The average molecular weight is 279 g/mol. The number of methoxy groups -OCH3 is 1. The van der Waals surface area contributed by atoms with Crippen LogP contribution in [-0.2, 0) is 19.1 Å². The summed E-state index contributed by atoms with van der Waals surface area (Å²) in [5.74, 6) is -1.19. The number of carbonyl (C=O) groups is 3. The molecule has 1 unspecified atom stereocenters. The predicted molar refractivity (Wildman–Crippen MR) is 70.0 cm³/mol. The molecular weight excluding hydrogens is 262 g/mol. The van der Waals surface area contributed by atoms with Crippen LogP contribution in [0.1, 0.15) is 36.7 Å². The molecule has 0 radical (unpaired) electrons. The standard InChI is InChI=1S/C14H17NO5/c1-10(9-14(18)19-2)20-13(17)7-6-12(16)11-5-3-4-8-15-11/h3-5,8,10H,6-7,9H2,1-2H3. The van der Waals surface area contributed by atoms with E-state index in [9.17, 15) is 14.4 Å². The number of carbonyl (C=O) groups excluding carboxylic acids is 3. The number of ether oxygens (including phenoxy) is 2. The van der Waals surface area contributed by atoms with Crippen LogP contribution in [-0.4, -0.2) is 35.9 Å². The Morgan fingerprint density at radius 1 is 1.20 bits per heavy atom. The van der Waals surface area contributed by atoms with Crippen molar-refractivity contribution in [3.8, 4) is 0 Å². The van der Waals surface area contributed by atoms with Crippen molar-refractivity contribution in [2.24, 2.45) is 0 Å². The summed E-state index contributed by atoms with van der Waals surface area (Å²) in [5.41, 5.74) is 0.322. The Kier molecular flexibility index (Phi) is 6.36. The fraction of sp³-hybridized carbons (Fsp3) is 0.429. The van der Waals surface area contributed by atoms with Crippen molar-refractivity contribution < 1.29 is 23.9 Å². The van der Waals surface area contributed by atoms with Crippen molar-refractivity contribution in [1.29, 1.82) is 0 Å². The second kappa shape index (κ2) is 8.04. The molecule has 6 nitrogen and oxygen atoms in total. The lowest BCUT2D eigenvalue weighted by Gasteiger charge is -2.11. The number of esters is 2. The number of hydrogen-bond donors (Lipinski definition) is 0. The van der Waals surface area contributed by atoms with Gasteiger partial charge in [-0.25, -0.2) is 0 Å². The van der Waals surface area contributed by atoms with Crippen molar-refractivity contribution in [2.75, 3.05) is 7.11 Å². The smallest absolute Gasteiger partial charge is 0.309 e. The third-order valence-corrected chi connectivity index (χ3v) is 2.52. The number of aromatic nitrogens is 1. The highest BCUT2D eigenvalue weighted by atomic mass is 16.6. The first kappa shape index (κ1) is 15.8. The number of ketones is 1. The second-order valence-electron chi connectivity index (χ2n) is 4.22. The molecule has 108 valence electrons. The molecule has 0 aromatic carbocycles. The highest BCUT2D eigenvalue weighted by molar-refractivity contribution is 5.95. The summed E-state index contributed by atoms with van der Waals surface area (Å²) in [7, 11) is 1.27. The topological polar surface area (TPSA) is 82.6 Å².